The van der Waals surface area contributed by atoms with E-state index in [2.05, 4.69) is 15.2 Å². The molecule has 1 aromatic heterocycles. The van der Waals surface area contributed by atoms with E-state index in [9.17, 15) is 22.8 Å². The lowest BCUT2D eigenvalue weighted by Gasteiger charge is -2.13. The topological polar surface area (TPSA) is 91.7 Å². The number of nitrogens with zero attached hydrogens (tertiary/aromatic N) is 2. The molecule has 32 heavy (non-hydrogen) atoms. The summed E-state index contributed by atoms with van der Waals surface area (Å²) in [4.78, 5) is 24.4. The Labute approximate surface area is 179 Å². The van der Waals surface area contributed by atoms with Crippen LogP contribution in [0.2, 0.25) is 0 Å². The third-order valence-electron chi connectivity index (χ3n) is 4.54. The molecule has 0 atom stereocenters. The van der Waals surface area contributed by atoms with Gasteiger partial charge in [-0.05, 0) is 49.4 Å². The molecule has 1 N–H and O–H groups in total. The summed E-state index contributed by atoms with van der Waals surface area (Å²) in [6.07, 6.45) is -4.03. The van der Waals surface area contributed by atoms with Gasteiger partial charge in [-0.3, -0.25) is 4.79 Å². The zero-order chi connectivity index (χ0) is 22.9. The SMILES string of the molecule is CCOC(=O)c1cnn(-c2ccc(NC(=O)c3ccc4c(c3)OCO4)cc2)c1C(F)(F)F. The van der Waals surface area contributed by atoms with Crippen LogP contribution in [0.25, 0.3) is 5.69 Å². The highest BCUT2D eigenvalue weighted by Gasteiger charge is 2.41. The van der Waals surface area contributed by atoms with Gasteiger partial charge in [0.05, 0.1) is 18.5 Å². The maximum atomic E-state index is 13.6. The van der Waals surface area contributed by atoms with Crippen LogP contribution >= 0.6 is 0 Å². The van der Waals surface area contributed by atoms with E-state index in [0.717, 1.165) is 6.20 Å². The highest BCUT2D eigenvalue weighted by atomic mass is 19.4. The van der Waals surface area contributed by atoms with E-state index in [1.165, 1.54) is 37.3 Å². The van der Waals surface area contributed by atoms with E-state index >= 15 is 0 Å². The number of anilines is 1. The lowest BCUT2D eigenvalue weighted by atomic mass is 10.2. The second-order valence-electron chi connectivity index (χ2n) is 6.61. The molecule has 0 saturated heterocycles. The predicted molar refractivity (Wildman–Crippen MR) is 105 cm³/mol. The number of nitrogens with one attached hydrogen (secondary N) is 1. The fraction of sp³-hybridized carbons (Fsp3) is 0.190. The molecule has 1 amide bonds. The average Bonchev–Trinajstić information content (AvgIpc) is 3.41. The van der Waals surface area contributed by atoms with Gasteiger partial charge in [0, 0.05) is 11.3 Å². The molecule has 2 heterocycles. The molecule has 0 bridgehead atoms. The predicted octanol–water partition coefficient (Wildman–Crippen LogP) is 4.05. The van der Waals surface area contributed by atoms with E-state index in [1.54, 1.807) is 12.1 Å². The first-order valence-corrected chi connectivity index (χ1v) is 9.41. The van der Waals surface area contributed by atoms with Crippen molar-refractivity contribution in [1.29, 1.82) is 0 Å². The van der Waals surface area contributed by atoms with Crippen molar-refractivity contribution in [2.24, 2.45) is 0 Å². The van der Waals surface area contributed by atoms with E-state index in [0.29, 0.717) is 27.4 Å². The van der Waals surface area contributed by atoms with Crippen LogP contribution in [0.3, 0.4) is 0 Å². The Bertz CT molecular complexity index is 1170. The lowest BCUT2D eigenvalue weighted by molar-refractivity contribution is -0.143. The van der Waals surface area contributed by atoms with Crippen LogP contribution < -0.4 is 14.8 Å². The summed E-state index contributed by atoms with van der Waals surface area (Å²) >= 11 is 0. The van der Waals surface area contributed by atoms with Crippen molar-refractivity contribution in [2.75, 3.05) is 18.7 Å². The Morgan fingerprint density at radius 1 is 1.12 bits per heavy atom. The molecule has 0 radical (unpaired) electrons. The normalized spacial score (nSPS) is 12.5. The summed E-state index contributed by atoms with van der Waals surface area (Å²) in [7, 11) is 0. The molecule has 0 fully saturated rings. The van der Waals surface area contributed by atoms with Crippen molar-refractivity contribution in [3.8, 4) is 17.2 Å². The summed E-state index contributed by atoms with van der Waals surface area (Å²) < 4.78 is 56.6. The van der Waals surface area contributed by atoms with Gasteiger partial charge in [-0.2, -0.15) is 18.3 Å². The molecule has 3 aromatic rings. The number of amides is 1. The minimum Gasteiger partial charge on any atom is -0.462 e. The Morgan fingerprint density at radius 3 is 2.53 bits per heavy atom. The number of benzene rings is 2. The van der Waals surface area contributed by atoms with Gasteiger partial charge >= 0.3 is 12.1 Å². The number of esters is 1. The van der Waals surface area contributed by atoms with Crippen molar-refractivity contribution < 1.29 is 37.0 Å². The van der Waals surface area contributed by atoms with Crippen LogP contribution in [0.4, 0.5) is 18.9 Å². The van der Waals surface area contributed by atoms with Crippen LogP contribution in [0.5, 0.6) is 11.5 Å². The molecule has 1 aliphatic heterocycles. The monoisotopic (exact) mass is 447 g/mol. The highest BCUT2D eigenvalue weighted by molar-refractivity contribution is 6.04. The molecule has 8 nitrogen and oxygen atoms in total. The average molecular weight is 447 g/mol. The first kappa shape index (κ1) is 21.2. The first-order chi connectivity index (χ1) is 15.3. The molecular formula is C21H16F3N3O5. The molecule has 0 unspecified atom stereocenters. The van der Waals surface area contributed by atoms with Gasteiger partial charge in [0.1, 0.15) is 5.56 Å². The van der Waals surface area contributed by atoms with Crippen LogP contribution in [0.1, 0.15) is 33.3 Å². The number of rotatable bonds is 5. The molecule has 0 aliphatic carbocycles. The van der Waals surface area contributed by atoms with Crippen molar-refractivity contribution in [3.63, 3.8) is 0 Å². The van der Waals surface area contributed by atoms with Crippen LogP contribution in [0, 0.1) is 0 Å². The van der Waals surface area contributed by atoms with E-state index in [4.69, 9.17) is 9.47 Å². The van der Waals surface area contributed by atoms with Gasteiger partial charge in [0.15, 0.2) is 17.2 Å². The van der Waals surface area contributed by atoms with Crippen LogP contribution in [0.15, 0.2) is 48.7 Å². The Balaban J connectivity index is 1.56. The number of fused-ring (bicyclic) bond motifs is 1. The highest BCUT2D eigenvalue weighted by Crippen LogP contribution is 2.35. The number of alkyl halides is 3. The van der Waals surface area contributed by atoms with Crippen molar-refractivity contribution in [3.05, 3.63) is 65.5 Å². The number of halogens is 3. The largest absolute Gasteiger partial charge is 0.462 e. The zero-order valence-corrected chi connectivity index (χ0v) is 16.6. The fourth-order valence-corrected chi connectivity index (χ4v) is 3.10. The third-order valence-corrected chi connectivity index (χ3v) is 4.54. The Kier molecular flexibility index (Phi) is 5.47. The number of carbonyl (C=O) groups excluding carboxylic acids is 2. The maximum Gasteiger partial charge on any atom is 0.434 e. The number of carbonyl (C=O) groups is 2. The van der Waals surface area contributed by atoms with Crippen molar-refractivity contribution >= 4 is 17.6 Å². The van der Waals surface area contributed by atoms with Gasteiger partial charge in [0.25, 0.3) is 5.91 Å². The standard InChI is InChI=1S/C21H16F3N3O5/c1-2-30-20(29)15-10-25-27(18(15)21(22,23)24)14-6-4-13(5-7-14)26-19(28)12-3-8-16-17(9-12)32-11-31-16/h3-10H,2,11H2,1H3,(H,26,28). The first-order valence-electron chi connectivity index (χ1n) is 9.41. The second kappa shape index (κ2) is 8.25. The van der Waals surface area contributed by atoms with Gasteiger partial charge < -0.3 is 19.5 Å². The quantitative estimate of drug-likeness (QED) is 0.594. The minimum absolute atomic E-state index is 0.0500. The van der Waals surface area contributed by atoms with Crippen molar-refractivity contribution in [1.82, 2.24) is 9.78 Å². The summed E-state index contributed by atoms with van der Waals surface area (Å²) in [5.41, 5.74) is -1.20. The zero-order valence-electron chi connectivity index (χ0n) is 16.6. The molecule has 0 spiro atoms. The van der Waals surface area contributed by atoms with Crippen LogP contribution in [-0.2, 0) is 10.9 Å². The van der Waals surface area contributed by atoms with Gasteiger partial charge in [0.2, 0.25) is 6.79 Å². The minimum atomic E-state index is -4.84. The Morgan fingerprint density at radius 2 is 1.84 bits per heavy atom. The smallest absolute Gasteiger partial charge is 0.434 e. The van der Waals surface area contributed by atoms with E-state index < -0.39 is 29.3 Å². The fourth-order valence-electron chi connectivity index (χ4n) is 3.10. The molecule has 4 rings (SSSR count). The number of hydrogen-bond acceptors (Lipinski definition) is 6. The maximum absolute atomic E-state index is 13.6. The number of hydrogen-bond donors (Lipinski definition) is 1. The molecular weight excluding hydrogens is 431 g/mol. The molecule has 11 heteroatoms. The second-order valence-corrected chi connectivity index (χ2v) is 6.61. The summed E-state index contributed by atoms with van der Waals surface area (Å²) in [5, 5.41) is 6.36. The molecule has 1 aliphatic rings. The summed E-state index contributed by atoms with van der Waals surface area (Å²) in [6, 6.07) is 10.2. The number of aromatic nitrogens is 2. The van der Waals surface area contributed by atoms with Gasteiger partial charge in [-0.25, -0.2) is 9.48 Å². The lowest BCUT2D eigenvalue weighted by Crippen LogP contribution is -2.18. The number of ether oxygens (including phenoxy) is 3. The van der Waals surface area contributed by atoms with E-state index in [1.807, 2.05) is 0 Å². The van der Waals surface area contributed by atoms with Crippen molar-refractivity contribution in [2.45, 2.75) is 13.1 Å². The molecule has 166 valence electrons. The van der Waals surface area contributed by atoms with Crippen LogP contribution in [-0.4, -0.2) is 35.1 Å². The molecule has 2 aromatic carbocycles. The van der Waals surface area contributed by atoms with Gasteiger partial charge in [-0.1, -0.05) is 0 Å². The Hall–Kier alpha value is -4.02. The van der Waals surface area contributed by atoms with E-state index in [-0.39, 0.29) is 19.1 Å². The molecule has 0 saturated carbocycles. The van der Waals surface area contributed by atoms with Gasteiger partial charge in [-0.15, -0.1) is 0 Å². The summed E-state index contributed by atoms with van der Waals surface area (Å²) in [5.74, 6) is -0.564. The third kappa shape index (κ3) is 4.09. The summed E-state index contributed by atoms with van der Waals surface area (Å²) in [6.45, 7) is 1.50.